The van der Waals surface area contributed by atoms with E-state index in [9.17, 15) is 4.79 Å². The number of rotatable bonds is 28. The maximum Gasteiger partial charge on any atom is 0.305 e. The summed E-state index contributed by atoms with van der Waals surface area (Å²) in [5.74, 6) is 0.421. The van der Waals surface area contributed by atoms with Gasteiger partial charge in [-0.05, 0) is 39.0 Å². The van der Waals surface area contributed by atoms with Crippen LogP contribution in [-0.2, 0) is 28.5 Å². The molecule has 0 aliphatic carbocycles. The second-order valence-electron chi connectivity index (χ2n) is 9.62. The van der Waals surface area contributed by atoms with E-state index < -0.39 is 0 Å². The van der Waals surface area contributed by atoms with Gasteiger partial charge in [-0.2, -0.15) is 0 Å². The standard InChI is InChI=1S/C29H58O6/c1-5-8-10-12-13-15-18-28(17-14-11-9-6-2)26-35-29(30)19-16-20-32-23-24-34-27(4)25-33-22-21-31-7-3/h27-28H,5-26H2,1-4H3. The number of hydrogen-bond acceptors (Lipinski definition) is 6. The number of hydrogen-bond donors (Lipinski definition) is 0. The van der Waals surface area contributed by atoms with Gasteiger partial charge in [-0.1, -0.05) is 78.1 Å². The summed E-state index contributed by atoms with van der Waals surface area (Å²) >= 11 is 0. The van der Waals surface area contributed by atoms with E-state index >= 15 is 0 Å². The van der Waals surface area contributed by atoms with Gasteiger partial charge >= 0.3 is 5.97 Å². The van der Waals surface area contributed by atoms with E-state index in [-0.39, 0.29) is 12.1 Å². The predicted molar refractivity (Wildman–Crippen MR) is 144 cm³/mol. The maximum atomic E-state index is 12.2. The highest BCUT2D eigenvalue weighted by molar-refractivity contribution is 5.69. The van der Waals surface area contributed by atoms with Gasteiger partial charge in [0.2, 0.25) is 0 Å². The Kier molecular flexibility index (Phi) is 27.3. The fourth-order valence-corrected chi connectivity index (χ4v) is 3.96. The molecule has 6 nitrogen and oxygen atoms in total. The molecule has 0 saturated heterocycles. The van der Waals surface area contributed by atoms with Gasteiger partial charge in [0.25, 0.3) is 0 Å². The van der Waals surface area contributed by atoms with Crippen LogP contribution in [0, 0.1) is 5.92 Å². The molecule has 0 aromatic carbocycles. The van der Waals surface area contributed by atoms with Gasteiger partial charge in [0, 0.05) is 19.6 Å². The number of carbonyl (C=O) groups excluding carboxylic acids is 1. The highest BCUT2D eigenvalue weighted by atomic mass is 16.6. The summed E-state index contributed by atoms with van der Waals surface area (Å²) in [5.41, 5.74) is 0. The van der Waals surface area contributed by atoms with Crippen LogP contribution < -0.4 is 0 Å². The van der Waals surface area contributed by atoms with E-state index in [1.807, 2.05) is 13.8 Å². The van der Waals surface area contributed by atoms with Crippen LogP contribution in [0.3, 0.4) is 0 Å². The second kappa shape index (κ2) is 27.9. The first-order valence-electron chi connectivity index (χ1n) is 14.6. The van der Waals surface area contributed by atoms with Crippen LogP contribution in [-0.4, -0.2) is 64.9 Å². The van der Waals surface area contributed by atoms with Gasteiger partial charge < -0.3 is 23.7 Å². The van der Waals surface area contributed by atoms with E-state index in [0.29, 0.717) is 71.6 Å². The Bertz CT molecular complexity index is 431. The lowest BCUT2D eigenvalue weighted by Gasteiger charge is -2.17. The predicted octanol–water partition coefficient (Wildman–Crippen LogP) is 7.12. The Hall–Kier alpha value is -0.690. The third-order valence-corrected chi connectivity index (χ3v) is 6.14. The molecule has 0 aliphatic heterocycles. The molecular weight excluding hydrogens is 444 g/mol. The quantitative estimate of drug-likeness (QED) is 0.0838. The molecule has 0 aromatic rings. The van der Waals surface area contributed by atoms with E-state index in [2.05, 4.69) is 13.8 Å². The average Bonchev–Trinajstić information content (AvgIpc) is 2.85. The van der Waals surface area contributed by atoms with Crippen LogP contribution in [0.15, 0.2) is 0 Å². The molecule has 0 fully saturated rings. The smallest absolute Gasteiger partial charge is 0.305 e. The minimum absolute atomic E-state index is 0.0291. The van der Waals surface area contributed by atoms with Gasteiger partial charge in [0.05, 0.1) is 45.7 Å². The van der Waals surface area contributed by atoms with Gasteiger partial charge in [-0.15, -0.1) is 0 Å². The molecule has 0 amide bonds. The Morgan fingerprint density at radius 1 is 0.629 bits per heavy atom. The summed E-state index contributed by atoms with van der Waals surface area (Å²) in [6.45, 7) is 13.1. The zero-order chi connectivity index (χ0) is 25.8. The molecule has 35 heavy (non-hydrogen) atoms. The van der Waals surface area contributed by atoms with Crippen LogP contribution in [0.4, 0.5) is 0 Å². The van der Waals surface area contributed by atoms with Gasteiger partial charge in [-0.25, -0.2) is 0 Å². The average molecular weight is 503 g/mol. The molecule has 0 N–H and O–H groups in total. The molecular formula is C29H58O6. The van der Waals surface area contributed by atoms with Crippen molar-refractivity contribution in [3.63, 3.8) is 0 Å². The highest BCUT2D eigenvalue weighted by Crippen LogP contribution is 2.19. The second-order valence-corrected chi connectivity index (χ2v) is 9.62. The first-order chi connectivity index (χ1) is 17.1. The first-order valence-corrected chi connectivity index (χ1v) is 14.6. The minimum Gasteiger partial charge on any atom is -0.465 e. The van der Waals surface area contributed by atoms with E-state index in [4.69, 9.17) is 23.7 Å². The van der Waals surface area contributed by atoms with Crippen LogP contribution in [0.25, 0.3) is 0 Å². The Labute approximate surface area is 217 Å². The minimum atomic E-state index is -0.0934. The summed E-state index contributed by atoms with van der Waals surface area (Å²) in [5, 5.41) is 0. The Morgan fingerprint density at radius 2 is 1.23 bits per heavy atom. The lowest BCUT2D eigenvalue weighted by Crippen LogP contribution is -2.20. The molecule has 210 valence electrons. The van der Waals surface area contributed by atoms with Gasteiger partial charge in [0.1, 0.15) is 0 Å². The number of ether oxygens (including phenoxy) is 5. The molecule has 0 spiro atoms. The van der Waals surface area contributed by atoms with Gasteiger partial charge in [0.15, 0.2) is 0 Å². The van der Waals surface area contributed by atoms with Crippen molar-refractivity contribution in [2.75, 3.05) is 52.9 Å². The van der Waals surface area contributed by atoms with Crippen molar-refractivity contribution < 1.29 is 28.5 Å². The largest absolute Gasteiger partial charge is 0.465 e. The maximum absolute atomic E-state index is 12.2. The first kappa shape index (κ1) is 34.3. The zero-order valence-electron chi connectivity index (χ0n) is 23.7. The monoisotopic (exact) mass is 502 g/mol. The molecule has 0 aliphatic rings. The Morgan fingerprint density at radius 3 is 1.91 bits per heavy atom. The topological polar surface area (TPSA) is 63.2 Å². The van der Waals surface area contributed by atoms with Crippen LogP contribution in [0.1, 0.15) is 118 Å². The molecule has 0 radical (unpaired) electrons. The van der Waals surface area contributed by atoms with Crippen molar-refractivity contribution in [3.8, 4) is 0 Å². The van der Waals surface area contributed by atoms with Crippen molar-refractivity contribution in [1.29, 1.82) is 0 Å². The Balaban J connectivity index is 3.80. The fourth-order valence-electron chi connectivity index (χ4n) is 3.96. The summed E-state index contributed by atoms with van der Waals surface area (Å²) in [6, 6.07) is 0. The molecule has 0 rings (SSSR count). The molecule has 2 atom stereocenters. The van der Waals surface area contributed by atoms with Crippen LogP contribution >= 0.6 is 0 Å². The summed E-state index contributed by atoms with van der Waals surface area (Å²) in [7, 11) is 0. The SMILES string of the molecule is CCCCCCCCC(CCCCCC)COC(=O)CCCOCCOC(C)COCCOCC. The van der Waals surface area contributed by atoms with E-state index in [0.717, 1.165) is 0 Å². The molecule has 0 saturated carbocycles. The third kappa shape index (κ3) is 26.2. The lowest BCUT2D eigenvalue weighted by molar-refractivity contribution is -0.145. The molecule has 0 heterocycles. The molecule has 0 bridgehead atoms. The van der Waals surface area contributed by atoms with Crippen molar-refractivity contribution in [2.45, 2.75) is 124 Å². The summed E-state index contributed by atoms with van der Waals surface area (Å²) < 4.78 is 27.6. The van der Waals surface area contributed by atoms with Crippen molar-refractivity contribution in [2.24, 2.45) is 5.92 Å². The van der Waals surface area contributed by atoms with E-state index in [1.165, 1.54) is 77.0 Å². The normalized spacial score (nSPS) is 13.1. The zero-order valence-corrected chi connectivity index (χ0v) is 23.7. The third-order valence-electron chi connectivity index (χ3n) is 6.14. The van der Waals surface area contributed by atoms with E-state index in [1.54, 1.807) is 0 Å². The number of esters is 1. The number of carbonyl (C=O) groups is 1. The molecule has 6 heteroatoms. The highest BCUT2D eigenvalue weighted by Gasteiger charge is 2.12. The molecule has 2 unspecified atom stereocenters. The van der Waals surface area contributed by atoms with Crippen LogP contribution in [0.5, 0.6) is 0 Å². The number of unbranched alkanes of at least 4 members (excludes halogenated alkanes) is 8. The lowest BCUT2D eigenvalue weighted by atomic mass is 9.95. The summed E-state index contributed by atoms with van der Waals surface area (Å²) in [6.07, 6.45) is 16.5. The van der Waals surface area contributed by atoms with Gasteiger partial charge in [-0.3, -0.25) is 4.79 Å². The van der Waals surface area contributed by atoms with Crippen molar-refractivity contribution >= 4 is 5.97 Å². The fraction of sp³-hybridized carbons (Fsp3) is 0.966. The van der Waals surface area contributed by atoms with Crippen molar-refractivity contribution in [1.82, 2.24) is 0 Å². The van der Waals surface area contributed by atoms with Crippen molar-refractivity contribution in [3.05, 3.63) is 0 Å². The molecule has 0 aromatic heterocycles. The summed E-state index contributed by atoms with van der Waals surface area (Å²) in [4.78, 5) is 12.2. The van der Waals surface area contributed by atoms with Crippen LogP contribution in [0.2, 0.25) is 0 Å².